The summed E-state index contributed by atoms with van der Waals surface area (Å²) in [4.78, 5) is 32.8. The van der Waals surface area contributed by atoms with E-state index in [2.05, 4.69) is 32.7 Å². The molecule has 2 N–H and O–H groups in total. The molecule has 4 aromatic carbocycles. The van der Waals surface area contributed by atoms with Crippen LogP contribution in [0.4, 0.5) is 43.4 Å². The van der Waals surface area contributed by atoms with Crippen molar-refractivity contribution in [2.75, 3.05) is 23.7 Å². The number of hydrogen-bond acceptors (Lipinski definition) is 6. The highest BCUT2D eigenvalue weighted by atomic mass is 19.4. The van der Waals surface area contributed by atoms with Gasteiger partial charge in [0.15, 0.2) is 0 Å². The summed E-state index contributed by atoms with van der Waals surface area (Å²) in [6.07, 6.45) is -4.69. The van der Waals surface area contributed by atoms with Gasteiger partial charge in [-0.3, -0.25) is 19.5 Å². The van der Waals surface area contributed by atoms with Crippen LogP contribution in [0.5, 0.6) is 0 Å². The van der Waals surface area contributed by atoms with Gasteiger partial charge in [-0.25, -0.2) is 0 Å². The van der Waals surface area contributed by atoms with Gasteiger partial charge >= 0.3 is 12.4 Å². The molecule has 254 valence electrons. The Balaban J connectivity index is 1.22. The first-order valence-corrected chi connectivity index (χ1v) is 16.1. The number of nitrogens with zero attached hydrogens (tertiary/aromatic N) is 2. The van der Waals surface area contributed by atoms with E-state index >= 15 is 0 Å². The van der Waals surface area contributed by atoms with Gasteiger partial charge in [-0.1, -0.05) is 48.5 Å². The molecule has 0 radical (unpaired) electrons. The van der Waals surface area contributed by atoms with Crippen molar-refractivity contribution < 1.29 is 26.3 Å². The number of aryl methyl sites for hydroxylation is 1. The summed E-state index contributed by atoms with van der Waals surface area (Å²) in [6, 6.07) is 20.0. The minimum absolute atomic E-state index is 0.0106. The van der Waals surface area contributed by atoms with Crippen LogP contribution in [-0.4, -0.2) is 29.0 Å². The molecule has 1 unspecified atom stereocenters. The normalized spacial score (nSPS) is 21.6. The van der Waals surface area contributed by atoms with Crippen molar-refractivity contribution >= 4 is 28.0 Å². The van der Waals surface area contributed by atoms with Crippen LogP contribution in [-0.2, 0) is 18.8 Å². The number of anilines is 3. The zero-order chi connectivity index (χ0) is 34.5. The second-order valence-electron chi connectivity index (χ2n) is 13.0. The summed E-state index contributed by atoms with van der Waals surface area (Å²) >= 11 is 0. The van der Waals surface area contributed by atoms with Crippen LogP contribution in [0.2, 0.25) is 0 Å². The van der Waals surface area contributed by atoms with Gasteiger partial charge in [0.1, 0.15) is 11.4 Å². The fourth-order valence-electron chi connectivity index (χ4n) is 7.60. The molecular weight excluding hydrogens is 646 g/mol. The highest BCUT2D eigenvalue weighted by Crippen LogP contribution is 2.45. The molecule has 0 saturated carbocycles. The third kappa shape index (κ3) is 6.53. The fraction of sp³-hybridized carbons (Fsp3) is 0.324. The van der Waals surface area contributed by atoms with Crippen molar-refractivity contribution in [3.8, 4) is 0 Å². The minimum Gasteiger partial charge on any atom is -0.372 e. The summed E-state index contributed by atoms with van der Waals surface area (Å²) in [6.45, 7) is 1.67. The maximum absolute atomic E-state index is 13.6. The molecule has 4 heterocycles. The largest absolute Gasteiger partial charge is 0.416 e. The molecule has 6 nitrogen and oxygen atoms in total. The molecule has 3 fully saturated rings. The Morgan fingerprint density at radius 1 is 0.837 bits per heavy atom. The van der Waals surface area contributed by atoms with Crippen molar-refractivity contribution in [3.63, 3.8) is 0 Å². The smallest absolute Gasteiger partial charge is 0.372 e. The van der Waals surface area contributed by atoms with Crippen molar-refractivity contribution in [2.24, 2.45) is 11.8 Å². The molecule has 12 heteroatoms. The highest BCUT2D eigenvalue weighted by molar-refractivity contribution is 5.84. The molecule has 0 spiro atoms. The molecule has 8 rings (SSSR count). The Labute approximate surface area is 277 Å². The molecule has 5 atom stereocenters. The number of nitrogens with one attached hydrogen (secondary N) is 2. The number of pyridine rings is 1. The quantitative estimate of drug-likeness (QED) is 0.121. The second kappa shape index (κ2) is 12.6. The number of halogens is 6. The minimum atomic E-state index is -5.08. The Hall–Kier alpha value is -4.71. The van der Waals surface area contributed by atoms with E-state index in [1.54, 1.807) is 6.20 Å². The van der Waals surface area contributed by atoms with Gasteiger partial charge in [-0.2, -0.15) is 26.3 Å². The van der Waals surface area contributed by atoms with Gasteiger partial charge in [-0.15, -0.1) is 0 Å². The molecule has 49 heavy (non-hydrogen) atoms. The molecule has 3 aliphatic heterocycles. The number of aromatic nitrogens is 1. The van der Waals surface area contributed by atoms with E-state index in [-0.39, 0.29) is 23.5 Å². The molecular formula is C37H32F6N4O2. The Morgan fingerprint density at radius 2 is 1.51 bits per heavy atom. The second-order valence-corrected chi connectivity index (χ2v) is 13.0. The van der Waals surface area contributed by atoms with Crippen LogP contribution >= 0.6 is 0 Å². The number of benzene rings is 3. The molecule has 0 aliphatic carbocycles. The van der Waals surface area contributed by atoms with Gasteiger partial charge in [0.05, 0.1) is 22.7 Å². The average molecular weight is 679 g/mol. The number of rotatable bonds is 9. The summed E-state index contributed by atoms with van der Waals surface area (Å²) in [5.41, 5.74) is -3.34. The van der Waals surface area contributed by atoms with Crippen LogP contribution in [0.3, 0.4) is 0 Å². The SMILES string of the molecule is O=c1c(Nc2cc(C(F)(F)F)cc(C(F)(F)F)c2)c(N[C@@H](c2ccnc3ccccc23)[C@@H]2C[C@@H]3CCN2C[C@@H]3CCc2ccccc2)c1=O. The van der Waals surface area contributed by atoms with Crippen molar-refractivity contribution in [3.05, 3.63) is 128 Å². The summed E-state index contributed by atoms with van der Waals surface area (Å²) in [5.74, 6) is 0.874. The molecule has 3 saturated heterocycles. The van der Waals surface area contributed by atoms with Crippen LogP contribution in [0.1, 0.15) is 47.6 Å². The Kier molecular flexibility index (Phi) is 8.46. The first kappa shape index (κ1) is 32.8. The lowest BCUT2D eigenvalue weighted by Crippen LogP contribution is -2.56. The average Bonchev–Trinajstić information content (AvgIpc) is 3.10. The van der Waals surface area contributed by atoms with Gasteiger partial charge in [-0.05, 0) is 85.5 Å². The zero-order valence-electron chi connectivity index (χ0n) is 26.1. The number of alkyl halides is 6. The Morgan fingerprint density at radius 3 is 2.18 bits per heavy atom. The van der Waals surface area contributed by atoms with Crippen LogP contribution < -0.4 is 21.5 Å². The zero-order valence-corrected chi connectivity index (χ0v) is 26.1. The monoisotopic (exact) mass is 678 g/mol. The van der Waals surface area contributed by atoms with Crippen LogP contribution in [0.15, 0.2) is 94.6 Å². The van der Waals surface area contributed by atoms with Gasteiger partial charge in [0, 0.05) is 29.9 Å². The standard InChI is InChI=1S/C37H32F6N4O2/c38-36(39,40)24-17-25(37(41,42)43)19-26(18-24)45-32-33(35(49)34(32)48)46-31(28-12-14-44-29-9-5-4-8-27(28)29)30-16-22-13-15-47(30)20-23(22)11-10-21-6-2-1-3-7-21/h1-9,12,14,17-19,22-23,30-31,45-46H,10-11,13,15-16,20H2/t22-,23-,30-,31-/m0/s1. The van der Waals surface area contributed by atoms with Gasteiger partial charge in [0.2, 0.25) is 0 Å². The third-order valence-corrected chi connectivity index (χ3v) is 10.1. The van der Waals surface area contributed by atoms with E-state index in [1.807, 2.05) is 48.5 Å². The lowest BCUT2D eigenvalue weighted by Gasteiger charge is -2.52. The van der Waals surface area contributed by atoms with E-state index in [0.29, 0.717) is 24.0 Å². The topological polar surface area (TPSA) is 74.3 Å². The molecule has 2 bridgehead atoms. The predicted molar refractivity (Wildman–Crippen MR) is 176 cm³/mol. The number of hydrogen-bond donors (Lipinski definition) is 2. The summed E-state index contributed by atoms with van der Waals surface area (Å²) < 4.78 is 81.4. The molecule has 1 aromatic heterocycles. The van der Waals surface area contributed by atoms with Gasteiger partial charge in [0.25, 0.3) is 10.9 Å². The highest BCUT2D eigenvalue weighted by Gasteiger charge is 2.44. The lowest BCUT2D eigenvalue weighted by atomic mass is 9.71. The van der Waals surface area contributed by atoms with Crippen LogP contribution in [0, 0.1) is 11.8 Å². The first-order valence-electron chi connectivity index (χ1n) is 16.1. The third-order valence-electron chi connectivity index (χ3n) is 10.1. The van der Waals surface area contributed by atoms with Crippen LogP contribution in [0.25, 0.3) is 10.9 Å². The summed E-state index contributed by atoms with van der Waals surface area (Å²) in [7, 11) is 0. The molecule has 0 amide bonds. The maximum Gasteiger partial charge on any atom is 0.416 e. The van der Waals surface area contributed by atoms with E-state index in [0.717, 1.165) is 55.2 Å². The maximum atomic E-state index is 13.6. The van der Waals surface area contributed by atoms with Crippen molar-refractivity contribution in [2.45, 2.75) is 50.1 Å². The van der Waals surface area contributed by atoms with Gasteiger partial charge < -0.3 is 10.6 Å². The van der Waals surface area contributed by atoms with E-state index in [4.69, 9.17) is 0 Å². The van der Waals surface area contributed by atoms with E-state index < -0.39 is 46.1 Å². The number of para-hydroxylation sites is 1. The fourth-order valence-corrected chi connectivity index (χ4v) is 7.60. The number of piperidine rings is 3. The van der Waals surface area contributed by atoms with Crippen molar-refractivity contribution in [1.29, 1.82) is 0 Å². The molecule has 3 aliphatic rings. The van der Waals surface area contributed by atoms with E-state index in [9.17, 15) is 35.9 Å². The van der Waals surface area contributed by atoms with E-state index in [1.165, 1.54) is 5.56 Å². The first-order chi connectivity index (χ1) is 23.4. The Bertz CT molecular complexity index is 2020. The lowest BCUT2D eigenvalue weighted by molar-refractivity contribution is -0.143. The predicted octanol–water partition coefficient (Wildman–Crippen LogP) is 8.11. The van der Waals surface area contributed by atoms with Crippen molar-refractivity contribution in [1.82, 2.24) is 9.88 Å². The number of fused-ring (bicyclic) bond motifs is 4. The summed E-state index contributed by atoms with van der Waals surface area (Å²) in [5, 5.41) is 6.51. The molecule has 5 aromatic rings.